The molecule has 0 saturated heterocycles. The predicted octanol–water partition coefficient (Wildman–Crippen LogP) is 6.47. The molecule has 1 N–H and O–H groups in total. The number of carbonyl (C=O) groups is 1. The van der Waals surface area contributed by atoms with Crippen LogP contribution in [0, 0.1) is 0 Å². The second-order valence-corrected chi connectivity index (χ2v) is 10.3. The summed E-state index contributed by atoms with van der Waals surface area (Å²) >= 11 is 0. The molecule has 4 aromatic rings. The molecule has 9 nitrogen and oxygen atoms in total. The fourth-order valence-corrected chi connectivity index (χ4v) is 5.44. The summed E-state index contributed by atoms with van der Waals surface area (Å²) in [6, 6.07) is 19.1. The van der Waals surface area contributed by atoms with Crippen molar-refractivity contribution >= 4 is 5.91 Å². The number of H-pyrrole nitrogens is 1. The number of unbranched alkanes of at least 4 members (excludes halogenated alkanes) is 1. The van der Waals surface area contributed by atoms with Crippen LogP contribution in [0.25, 0.3) is 11.3 Å². The van der Waals surface area contributed by atoms with E-state index in [1.165, 1.54) is 0 Å². The van der Waals surface area contributed by atoms with Crippen LogP contribution in [0.15, 0.2) is 60.7 Å². The van der Waals surface area contributed by atoms with Gasteiger partial charge in [-0.2, -0.15) is 5.10 Å². The van der Waals surface area contributed by atoms with Crippen LogP contribution in [0.1, 0.15) is 59.9 Å². The average molecular weight is 586 g/mol. The van der Waals surface area contributed by atoms with Crippen molar-refractivity contribution in [2.45, 2.75) is 39.2 Å². The first kappa shape index (κ1) is 29.8. The first-order chi connectivity index (χ1) is 21.0. The summed E-state index contributed by atoms with van der Waals surface area (Å²) in [6.07, 6.45) is 2.62. The van der Waals surface area contributed by atoms with Gasteiger partial charge in [0.05, 0.1) is 46.3 Å². The molecule has 226 valence electrons. The standard InChI is InChI=1S/C34H39N3O6/c1-6-8-19-43-27-16-12-24(21-29(27)42-7-2)33-30-31(23-10-13-25(39-3)14-11-23)35-36-32(30)34(38)37(33)18-17-22-9-15-26(40-4)28(20-22)41-5/h9-16,20-21,33H,6-8,17-19H2,1-5H3,(H,35,36). The van der Waals surface area contributed by atoms with Crippen molar-refractivity contribution in [3.63, 3.8) is 0 Å². The molecule has 2 heterocycles. The summed E-state index contributed by atoms with van der Waals surface area (Å²) in [6.45, 7) is 5.67. The Morgan fingerprint density at radius 2 is 1.60 bits per heavy atom. The Morgan fingerprint density at radius 3 is 2.30 bits per heavy atom. The monoisotopic (exact) mass is 585 g/mol. The van der Waals surface area contributed by atoms with Crippen molar-refractivity contribution in [1.29, 1.82) is 0 Å². The molecule has 43 heavy (non-hydrogen) atoms. The minimum Gasteiger partial charge on any atom is -0.497 e. The Balaban J connectivity index is 1.55. The van der Waals surface area contributed by atoms with Gasteiger partial charge in [-0.25, -0.2) is 0 Å². The lowest BCUT2D eigenvalue weighted by Crippen LogP contribution is -2.31. The van der Waals surface area contributed by atoms with Crippen LogP contribution in [0.4, 0.5) is 0 Å². The van der Waals surface area contributed by atoms with Gasteiger partial charge in [0.2, 0.25) is 0 Å². The van der Waals surface area contributed by atoms with Gasteiger partial charge in [-0.05, 0) is 79.4 Å². The fraction of sp³-hybridized carbons (Fsp3) is 0.353. The number of aromatic amines is 1. The molecular formula is C34H39N3O6. The summed E-state index contributed by atoms with van der Waals surface area (Å²) in [7, 11) is 4.87. The molecule has 1 atom stereocenters. The fourth-order valence-electron chi connectivity index (χ4n) is 5.44. The lowest BCUT2D eigenvalue weighted by Gasteiger charge is -2.27. The molecule has 0 aliphatic carbocycles. The average Bonchev–Trinajstić information content (AvgIpc) is 3.59. The van der Waals surface area contributed by atoms with Crippen molar-refractivity contribution in [3.05, 3.63) is 83.0 Å². The molecule has 0 radical (unpaired) electrons. The number of rotatable bonds is 14. The van der Waals surface area contributed by atoms with Gasteiger partial charge in [0.25, 0.3) is 5.91 Å². The van der Waals surface area contributed by atoms with Gasteiger partial charge >= 0.3 is 0 Å². The Bertz CT molecular complexity index is 1550. The molecule has 0 bridgehead atoms. The van der Waals surface area contributed by atoms with E-state index >= 15 is 0 Å². The van der Waals surface area contributed by atoms with Gasteiger partial charge in [0.15, 0.2) is 23.0 Å². The van der Waals surface area contributed by atoms with Crippen molar-refractivity contribution in [2.75, 3.05) is 41.1 Å². The van der Waals surface area contributed by atoms with E-state index < -0.39 is 0 Å². The minimum absolute atomic E-state index is 0.103. The SMILES string of the molecule is CCCCOc1ccc(C2c3c(-c4ccc(OC)cc4)n[nH]c3C(=O)N2CCc2ccc(OC)c(OC)c2)cc1OCC. The Kier molecular flexibility index (Phi) is 9.39. The third-order valence-corrected chi connectivity index (χ3v) is 7.66. The summed E-state index contributed by atoms with van der Waals surface area (Å²) < 4.78 is 28.3. The predicted molar refractivity (Wildman–Crippen MR) is 165 cm³/mol. The maximum atomic E-state index is 14.0. The maximum absolute atomic E-state index is 14.0. The number of nitrogens with zero attached hydrogens (tertiary/aromatic N) is 2. The number of carbonyl (C=O) groups excluding carboxylic acids is 1. The topological polar surface area (TPSA) is 95.1 Å². The molecule has 5 rings (SSSR count). The van der Waals surface area contributed by atoms with E-state index in [-0.39, 0.29) is 11.9 Å². The number of hydrogen-bond acceptors (Lipinski definition) is 7. The van der Waals surface area contributed by atoms with Crippen LogP contribution < -0.4 is 23.7 Å². The van der Waals surface area contributed by atoms with Crippen molar-refractivity contribution in [1.82, 2.24) is 15.1 Å². The summed E-state index contributed by atoms with van der Waals surface area (Å²) in [5.41, 5.74) is 4.90. The summed E-state index contributed by atoms with van der Waals surface area (Å²) in [4.78, 5) is 15.9. The normalized spacial score (nSPS) is 14.0. The molecule has 1 aliphatic heterocycles. The van der Waals surface area contributed by atoms with Gasteiger partial charge in [0, 0.05) is 17.7 Å². The number of aromatic nitrogens is 2. The van der Waals surface area contributed by atoms with Gasteiger partial charge in [-0.1, -0.05) is 25.5 Å². The molecule has 0 spiro atoms. The molecule has 9 heteroatoms. The van der Waals surface area contributed by atoms with Crippen molar-refractivity contribution in [3.8, 4) is 40.0 Å². The van der Waals surface area contributed by atoms with E-state index in [0.717, 1.165) is 46.5 Å². The highest BCUT2D eigenvalue weighted by Crippen LogP contribution is 2.45. The summed E-state index contributed by atoms with van der Waals surface area (Å²) in [5, 5.41) is 7.66. The number of nitrogens with one attached hydrogen (secondary N) is 1. The lowest BCUT2D eigenvalue weighted by molar-refractivity contribution is 0.0745. The number of fused-ring (bicyclic) bond motifs is 1. The number of ether oxygens (including phenoxy) is 5. The molecule has 3 aromatic carbocycles. The van der Waals surface area contributed by atoms with Crippen LogP contribution in [0.2, 0.25) is 0 Å². The zero-order valence-corrected chi connectivity index (χ0v) is 25.4. The van der Waals surface area contributed by atoms with Gasteiger partial charge in [-0.3, -0.25) is 9.89 Å². The number of methoxy groups -OCH3 is 3. The Labute approximate surface area is 252 Å². The largest absolute Gasteiger partial charge is 0.497 e. The van der Waals surface area contributed by atoms with Crippen LogP contribution >= 0.6 is 0 Å². The third kappa shape index (κ3) is 6.11. The highest BCUT2D eigenvalue weighted by Gasteiger charge is 2.42. The zero-order valence-electron chi connectivity index (χ0n) is 25.4. The highest BCUT2D eigenvalue weighted by atomic mass is 16.5. The van der Waals surface area contributed by atoms with E-state index in [1.807, 2.05) is 72.5 Å². The molecule has 1 amide bonds. The molecule has 1 unspecified atom stereocenters. The number of amides is 1. The van der Waals surface area contributed by atoms with Gasteiger partial charge < -0.3 is 28.6 Å². The smallest absolute Gasteiger partial charge is 0.273 e. The van der Waals surface area contributed by atoms with E-state index in [1.54, 1.807) is 21.3 Å². The summed E-state index contributed by atoms with van der Waals surface area (Å²) in [5.74, 6) is 3.32. The van der Waals surface area contributed by atoms with E-state index in [9.17, 15) is 4.79 Å². The first-order valence-corrected chi connectivity index (χ1v) is 14.7. The van der Waals surface area contributed by atoms with Crippen molar-refractivity contribution in [2.24, 2.45) is 0 Å². The van der Waals surface area contributed by atoms with Crippen molar-refractivity contribution < 1.29 is 28.5 Å². The lowest BCUT2D eigenvalue weighted by atomic mass is 9.95. The maximum Gasteiger partial charge on any atom is 0.273 e. The molecule has 0 saturated carbocycles. The van der Waals surface area contributed by atoms with Gasteiger partial charge in [0.1, 0.15) is 11.4 Å². The van der Waals surface area contributed by atoms with E-state index in [0.29, 0.717) is 54.9 Å². The number of benzene rings is 3. The van der Waals surface area contributed by atoms with Crippen LogP contribution in [0.3, 0.4) is 0 Å². The van der Waals surface area contributed by atoms with Crippen LogP contribution in [-0.2, 0) is 6.42 Å². The van der Waals surface area contributed by atoms with E-state index in [2.05, 4.69) is 17.1 Å². The van der Waals surface area contributed by atoms with Crippen LogP contribution in [-0.4, -0.2) is 62.1 Å². The Hall–Kier alpha value is -4.66. The second-order valence-electron chi connectivity index (χ2n) is 10.3. The molecule has 1 aromatic heterocycles. The zero-order chi connectivity index (χ0) is 30.3. The number of hydrogen-bond donors (Lipinski definition) is 1. The van der Waals surface area contributed by atoms with E-state index in [4.69, 9.17) is 23.7 Å². The van der Waals surface area contributed by atoms with Crippen LogP contribution in [0.5, 0.6) is 28.7 Å². The highest BCUT2D eigenvalue weighted by molar-refractivity contribution is 6.00. The Morgan fingerprint density at radius 1 is 0.837 bits per heavy atom. The first-order valence-electron chi connectivity index (χ1n) is 14.7. The molecule has 1 aliphatic rings. The third-order valence-electron chi connectivity index (χ3n) is 7.66. The second kappa shape index (κ2) is 13.5. The quantitative estimate of drug-likeness (QED) is 0.170. The molecule has 0 fully saturated rings. The molecular weight excluding hydrogens is 546 g/mol. The minimum atomic E-state index is -0.387. The van der Waals surface area contributed by atoms with Gasteiger partial charge in [-0.15, -0.1) is 0 Å².